The molecule has 3 aromatic carbocycles. The van der Waals surface area contributed by atoms with Crippen molar-refractivity contribution >= 4 is 34.3 Å². The molecule has 10 nitrogen and oxygen atoms in total. The van der Waals surface area contributed by atoms with E-state index in [-0.39, 0.29) is 31.6 Å². The number of anilines is 1. The lowest BCUT2D eigenvalue weighted by Crippen LogP contribution is -2.28. The van der Waals surface area contributed by atoms with Crippen LogP contribution in [0.25, 0.3) is 10.9 Å². The number of fused-ring (bicyclic) bond motifs is 3. The summed E-state index contributed by atoms with van der Waals surface area (Å²) in [6.45, 7) is 2.39. The lowest BCUT2D eigenvalue weighted by atomic mass is 10.2. The Morgan fingerprint density at radius 1 is 1.03 bits per heavy atom. The summed E-state index contributed by atoms with van der Waals surface area (Å²) in [4.78, 5) is 31.9. The van der Waals surface area contributed by atoms with Crippen LogP contribution in [0.3, 0.4) is 0 Å². The van der Waals surface area contributed by atoms with Crippen LogP contribution >= 0.6 is 11.8 Å². The normalized spacial score (nSPS) is 13.9. The van der Waals surface area contributed by atoms with Gasteiger partial charge in [-0.05, 0) is 42.3 Å². The Kier molecular flexibility index (Phi) is 6.65. The predicted molar refractivity (Wildman–Crippen MR) is 145 cm³/mol. The van der Waals surface area contributed by atoms with Crippen LogP contribution in [0.1, 0.15) is 18.9 Å². The summed E-state index contributed by atoms with van der Waals surface area (Å²) in [5.41, 5.74) is 1.67. The minimum Gasteiger partial charge on any atom is -0.497 e. The number of benzene rings is 3. The molecule has 0 bridgehead atoms. The summed E-state index contributed by atoms with van der Waals surface area (Å²) < 4.78 is 28.8. The zero-order chi connectivity index (χ0) is 26.9. The van der Waals surface area contributed by atoms with E-state index < -0.39 is 5.25 Å². The van der Waals surface area contributed by atoms with E-state index >= 15 is 0 Å². The van der Waals surface area contributed by atoms with Gasteiger partial charge in [-0.1, -0.05) is 30.8 Å². The van der Waals surface area contributed by atoms with Crippen LogP contribution in [0.2, 0.25) is 0 Å². The van der Waals surface area contributed by atoms with Crippen molar-refractivity contribution in [3.63, 3.8) is 0 Å². The van der Waals surface area contributed by atoms with Gasteiger partial charge in [0.15, 0.2) is 28.2 Å². The summed E-state index contributed by atoms with van der Waals surface area (Å²) in [7, 11) is 1.57. The second-order valence-corrected chi connectivity index (χ2v) is 10.1. The summed E-state index contributed by atoms with van der Waals surface area (Å²) in [6.07, 6.45) is 0.513. The molecule has 200 valence electrons. The molecule has 0 unspecified atom stereocenters. The fourth-order valence-corrected chi connectivity index (χ4v) is 5.43. The van der Waals surface area contributed by atoms with Crippen molar-refractivity contribution in [1.29, 1.82) is 0 Å². The molecule has 2 aliphatic heterocycles. The van der Waals surface area contributed by atoms with Crippen molar-refractivity contribution in [3.8, 4) is 28.7 Å². The maximum Gasteiger partial charge on any atom is 0.262 e. The van der Waals surface area contributed by atoms with Crippen molar-refractivity contribution < 1.29 is 28.5 Å². The van der Waals surface area contributed by atoms with Gasteiger partial charge in [-0.25, -0.2) is 4.98 Å². The number of nitrogens with zero attached hydrogens (tertiary/aromatic N) is 2. The van der Waals surface area contributed by atoms with Crippen LogP contribution in [-0.2, 0) is 11.3 Å². The second kappa shape index (κ2) is 10.4. The number of methoxy groups -OCH3 is 1. The van der Waals surface area contributed by atoms with E-state index in [2.05, 4.69) is 5.32 Å². The summed E-state index contributed by atoms with van der Waals surface area (Å²) >= 11 is 1.24. The van der Waals surface area contributed by atoms with Crippen LogP contribution in [0, 0.1) is 0 Å². The first-order chi connectivity index (χ1) is 19.0. The molecular formula is C28H25N3O7S. The number of hydrogen-bond donors (Lipinski definition) is 1. The highest BCUT2D eigenvalue weighted by molar-refractivity contribution is 8.00. The number of aromatic nitrogens is 2. The number of rotatable bonds is 8. The summed E-state index contributed by atoms with van der Waals surface area (Å²) in [5, 5.41) is 3.25. The van der Waals surface area contributed by atoms with Crippen LogP contribution in [0.15, 0.2) is 64.5 Å². The maximum absolute atomic E-state index is 13.8. The molecule has 2 aliphatic rings. The molecule has 3 heterocycles. The lowest BCUT2D eigenvalue weighted by Gasteiger charge is -2.18. The maximum atomic E-state index is 13.8. The van der Waals surface area contributed by atoms with Gasteiger partial charge in [0.25, 0.3) is 5.56 Å². The van der Waals surface area contributed by atoms with Crippen LogP contribution in [0.5, 0.6) is 28.7 Å². The Labute approximate surface area is 227 Å². The Morgan fingerprint density at radius 3 is 2.54 bits per heavy atom. The largest absolute Gasteiger partial charge is 0.497 e. The van der Waals surface area contributed by atoms with E-state index in [9.17, 15) is 9.59 Å². The van der Waals surface area contributed by atoms with Crippen molar-refractivity contribution in [3.05, 3.63) is 70.5 Å². The van der Waals surface area contributed by atoms with Crippen molar-refractivity contribution in [2.24, 2.45) is 0 Å². The van der Waals surface area contributed by atoms with E-state index in [1.165, 1.54) is 11.8 Å². The molecule has 0 saturated carbocycles. The molecule has 1 N–H and O–H groups in total. The van der Waals surface area contributed by atoms with E-state index in [0.29, 0.717) is 56.9 Å². The van der Waals surface area contributed by atoms with Gasteiger partial charge in [-0.15, -0.1) is 0 Å². The number of thioether (sulfide) groups is 1. The molecule has 0 fully saturated rings. The molecule has 1 atom stereocenters. The Morgan fingerprint density at radius 2 is 1.77 bits per heavy atom. The van der Waals surface area contributed by atoms with Gasteiger partial charge in [0, 0.05) is 17.8 Å². The van der Waals surface area contributed by atoms with E-state index in [1.54, 1.807) is 48.1 Å². The standard InChI is InChI=1S/C28H25N3O7S/c1-3-25(26(32)29-17-5-4-6-18(10-17)34-2)39-28-30-20-12-24-23(37-15-38-24)11-19(20)27(33)31(28)13-16-7-8-21-22(9-16)36-14-35-21/h4-12,25H,3,13-15H2,1-2H3,(H,29,32)/t25-/m0/s1. The highest BCUT2D eigenvalue weighted by Gasteiger charge is 2.25. The van der Waals surface area contributed by atoms with Crippen molar-refractivity contribution in [2.75, 3.05) is 26.0 Å². The van der Waals surface area contributed by atoms with Crippen LogP contribution < -0.4 is 34.6 Å². The van der Waals surface area contributed by atoms with Gasteiger partial charge in [0.1, 0.15) is 5.75 Å². The van der Waals surface area contributed by atoms with E-state index in [0.717, 1.165) is 5.56 Å². The van der Waals surface area contributed by atoms with Crippen LogP contribution in [-0.4, -0.2) is 41.4 Å². The van der Waals surface area contributed by atoms with Gasteiger partial charge in [0.2, 0.25) is 19.5 Å². The second-order valence-electron chi connectivity index (χ2n) is 8.93. The zero-order valence-electron chi connectivity index (χ0n) is 21.3. The molecule has 0 saturated heterocycles. The smallest absolute Gasteiger partial charge is 0.262 e. The fourth-order valence-electron chi connectivity index (χ4n) is 4.42. The van der Waals surface area contributed by atoms with Gasteiger partial charge in [-0.3, -0.25) is 14.2 Å². The SMILES string of the molecule is CC[C@H](Sc1nc2cc3c(cc2c(=O)n1Cc1ccc2c(c1)OCO2)OCO3)C(=O)Nc1cccc(OC)c1. The molecule has 1 amide bonds. The quantitative estimate of drug-likeness (QED) is 0.253. The highest BCUT2D eigenvalue weighted by atomic mass is 32.2. The lowest BCUT2D eigenvalue weighted by molar-refractivity contribution is -0.115. The van der Waals surface area contributed by atoms with Gasteiger partial charge >= 0.3 is 0 Å². The molecule has 0 aliphatic carbocycles. The molecule has 1 aromatic heterocycles. The number of nitrogens with one attached hydrogen (secondary N) is 1. The first kappa shape index (κ1) is 24.9. The molecule has 39 heavy (non-hydrogen) atoms. The average molecular weight is 548 g/mol. The monoisotopic (exact) mass is 547 g/mol. The molecule has 6 rings (SSSR count). The predicted octanol–water partition coefficient (Wildman–Crippen LogP) is 4.42. The summed E-state index contributed by atoms with van der Waals surface area (Å²) in [6, 6.07) is 16.1. The molecule has 0 spiro atoms. The number of amides is 1. The highest BCUT2D eigenvalue weighted by Crippen LogP contribution is 2.36. The Hall–Kier alpha value is -4.38. The Bertz CT molecular complexity index is 1640. The molecule has 4 aromatic rings. The number of ether oxygens (including phenoxy) is 5. The molecular weight excluding hydrogens is 522 g/mol. The number of carbonyl (C=O) groups excluding carboxylic acids is 1. The van der Waals surface area contributed by atoms with E-state index in [1.807, 2.05) is 25.1 Å². The third-order valence-corrected chi connectivity index (χ3v) is 7.79. The average Bonchev–Trinajstić information content (AvgIpc) is 3.61. The zero-order valence-corrected chi connectivity index (χ0v) is 22.1. The Balaban J connectivity index is 1.37. The van der Waals surface area contributed by atoms with Gasteiger partial charge < -0.3 is 29.0 Å². The number of hydrogen-bond acceptors (Lipinski definition) is 9. The summed E-state index contributed by atoms with van der Waals surface area (Å²) in [5.74, 6) is 2.75. The third kappa shape index (κ3) is 4.92. The third-order valence-electron chi connectivity index (χ3n) is 6.44. The van der Waals surface area contributed by atoms with Gasteiger partial charge in [0.05, 0.1) is 29.8 Å². The first-order valence-electron chi connectivity index (χ1n) is 12.4. The van der Waals surface area contributed by atoms with Crippen molar-refractivity contribution in [2.45, 2.75) is 30.3 Å². The minimum absolute atomic E-state index is 0.0843. The fraction of sp³-hybridized carbons (Fsp3) is 0.250. The van der Waals surface area contributed by atoms with Crippen molar-refractivity contribution in [1.82, 2.24) is 9.55 Å². The van der Waals surface area contributed by atoms with E-state index in [4.69, 9.17) is 28.7 Å². The number of carbonyl (C=O) groups is 1. The van der Waals surface area contributed by atoms with Gasteiger partial charge in [-0.2, -0.15) is 0 Å². The molecule has 11 heteroatoms. The minimum atomic E-state index is -0.516. The van der Waals surface area contributed by atoms with Crippen LogP contribution in [0.4, 0.5) is 5.69 Å². The topological polar surface area (TPSA) is 110 Å². The first-order valence-corrected chi connectivity index (χ1v) is 13.2. The molecule has 0 radical (unpaired) electrons.